The van der Waals surface area contributed by atoms with E-state index in [4.69, 9.17) is 0 Å². The Hall–Kier alpha value is 0.290. The Morgan fingerprint density at radius 2 is 1.92 bits per heavy atom. The third-order valence-corrected chi connectivity index (χ3v) is 4.85. The fourth-order valence-electron chi connectivity index (χ4n) is 1.21. The molecule has 0 unspecified atom stereocenters. The Labute approximate surface area is 78.4 Å². The van der Waals surface area contributed by atoms with Gasteiger partial charge in [-0.15, -0.1) is 0 Å². The van der Waals surface area contributed by atoms with Crippen molar-refractivity contribution in [2.75, 3.05) is 5.33 Å². The van der Waals surface area contributed by atoms with E-state index in [1.54, 1.807) is 0 Å². The van der Waals surface area contributed by atoms with Crippen molar-refractivity contribution in [3.8, 4) is 0 Å². The molecule has 0 atom stereocenters. The zero-order chi connectivity index (χ0) is 9.35. The highest BCUT2D eigenvalue weighted by Gasteiger charge is 2.42. The maximum Gasteiger partial charge on any atom is 0.337 e. The van der Waals surface area contributed by atoms with Gasteiger partial charge < -0.3 is 0 Å². The molecule has 1 saturated carbocycles. The van der Waals surface area contributed by atoms with Gasteiger partial charge in [0, 0.05) is 5.33 Å². The van der Waals surface area contributed by atoms with E-state index >= 15 is 0 Å². The lowest BCUT2D eigenvalue weighted by Gasteiger charge is -2.32. The molecule has 1 aliphatic rings. The molecule has 0 N–H and O–H groups in total. The smallest absolute Gasteiger partial charge is 0.223 e. The first-order chi connectivity index (χ1) is 5.48. The molecule has 72 valence electrons. The summed E-state index contributed by atoms with van der Waals surface area (Å²) in [6, 6.07) is 0. The van der Waals surface area contributed by atoms with E-state index in [2.05, 4.69) is 15.9 Å². The molecule has 6 heteroatoms. The number of sulfone groups is 1. The van der Waals surface area contributed by atoms with Crippen LogP contribution in [0.1, 0.15) is 12.8 Å². The Morgan fingerprint density at radius 3 is 2.25 bits per heavy atom. The average molecular weight is 263 g/mol. The van der Waals surface area contributed by atoms with Crippen molar-refractivity contribution >= 4 is 25.8 Å². The van der Waals surface area contributed by atoms with Crippen LogP contribution in [0.15, 0.2) is 0 Å². The quantitative estimate of drug-likeness (QED) is 0.727. The van der Waals surface area contributed by atoms with Gasteiger partial charge in [-0.25, -0.2) is 8.42 Å². The monoisotopic (exact) mass is 262 g/mol. The highest BCUT2D eigenvalue weighted by atomic mass is 79.9. The highest BCUT2D eigenvalue weighted by molar-refractivity contribution is 9.09. The topological polar surface area (TPSA) is 34.1 Å². The van der Waals surface area contributed by atoms with Crippen molar-refractivity contribution in [1.29, 1.82) is 0 Å². The van der Waals surface area contributed by atoms with Gasteiger partial charge in [-0.2, -0.15) is 8.78 Å². The van der Waals surface area contributed by atoms with Crippen LogP contribution >= 0.6 is 15.9 Å². The van der Waals surface area contributed by atoms with Crippen molar-refractivity contribution in [2.45, 2.75) is 23.8 Å². The van der Waals surface area contributed by atoms with Gasteiger partial charge in [0.1, 0.15) is 0 Å². The Balaban J connectivity index is 2.53. The van der Waals surface area contributed by atoms with Crippen molar-refractivity contribution in [1.82, 2.24) is 0 Å². The molecule has 2 nitrogen and oxygen atoms in total. The SMILES string of the molecule is O=S(=O)(C(F)F)C1CC(CBr)C1. The summed E-state index contributed by atoms with van der Waals surface area (Å²) in [4.78, 5) is 0. The summed E-state index contributed by atoms with van der Waals surface area (Å²) in [6.07, 6.45) is 0.746. The first kappa shape index (κ1) is 10.4. The lowest BCUT2D eigenvalue weighted by atomic mass is 9.87. The molecule has 0 saturated heterocycles. The third kappa shape index (κ3) is 1.79. The predicted octanol–water partition coefficient (Wildman–Crippen LogP) is 1.80. The minimum atomic E-state index is -4.14. The van der Waals surface area contributed by atoms with Gasteiger partial charge >= 0.3 is 5.76 Å². The van der Waals surface area contributed by atoms with E-state index in [0.717, 1.165) is 0 Å². The van der Waals surface area contributed by atoms with Crippen LogP contribution in [0.4, 0.5) is 8.78 Å². The molecule has 1 aliphatic carbocycles. The van der Waals surface area contributed by atoms with Crippen LogP contribution in [0.25, 0.3) is 0 Å². The van der Waals surface area contributed by atoms with E-state index in [9.17, 15) is 17.2 Å². The van der Waals surface area contributed by atoms with Gasteiger partial charge in [-0.3, -0.25) is 0 Å². The average Bonchev–Trinajstić information content (AvgIpc) is 1.84. The van der Waals surface area contributed by atoms with E-state index in [-0.39, 0.29) is 5.92 Å². The first-order valence-corrected chi connectivity index (χ1v) is 6.28. The number of hydrogen-bond donors (Lipinski definition) is 0. The molecule has 0 aromatic heterocycles. The molecule has 1 rings (SSSR count). The number of rotatable bonds is 3. The Morgan fingerprint density at radius 1 is 1.42 bits per heavy atom. The summed E-state index contributed by atoms with van der Waals surface area (Å²) >= 11 is 3.18. The van der Waals surface area contributed by atoms with Crippen LogP contribution in [0.3, 0.4) is 0 Å². The fraction of sp³-hybridized carbons (Fsp3) is 1.00. The van der Waals surface area contributed by atoms with Gasteiger partial charge in [0.25, 0.3) is 0 Å². The largest absolute Gasteiger partial charge is 0.337 e. The molecule has 0 heterocycles. The summed E-state index contributed by atoms with van der Waals surface area (Å²) in [5.41, 5.74) is 0. The van der Waals surface area contributed by atoms with Crippen molar-refractivity contribution in [2.24, 2.45) is 5.92 Å². The van der Waals surface area contributed by atoms with Gasteiger partial charge in [-0.1, -0.05) is 15.9 Å². The molecule has 0 aromatic rings. The maximum absolute atomic E-state index is 11.9. The second kappa shape index (κ2) is 3.57. The number of alkyl halides is 3. The second-order valence-electron chi connectivity index (χ2n) is 2.96. The summed E-state index contributed by atoms with van der Waals surface area (Å²) in [5.74, 6) is -2.96. The van der Waals surface area contributed by atoms with Crippen LogP contribution in [-0.2, 0) is 9.84 Å². The summed E-state index contributed by atoms with van der Waals surface area (Å²) in [7, 11) is -4.14. The van der Waals surface area contributed by atoms with Gasteiger partial charge in [0.15, 0.2) is 0 Å². The molecule has 1 fully saturated rings. The number of halogens is 3. The molecular weight excluding hydrogens is 254 g/mol. The standard InChI is InChI=1S/C6H9BrF2O2S/c7-3-4-1-5(2-4)12(10,11)6(8)9/h4-6H,1-3H2. The molecule has 0 radical (unpaired) electrons. The summed E-state index contributed by atoms with van der Waals surface area (Å²) in [5, 5.41) is -0.109. The molecular formula is C6H9BrF2O2S. The van der Waals surface area contributed by atoms with Crippen LogP contribution in [0.5, 0.6) is 0 Å². The third-order valence-electron chi connectivity index (χ3n) is 2.12. The Bertz CT molecular complexity index is 246. The van der Waals surface area contributed by atoms with E-state index in [0.29, 0.717) is 18.2 Å². The fourth-order valence-corrected chi connectivity index (χ4v) is 3.11. The van der Waals surface area contributed by atoms with Gasteiger partial charge in [-0.05, 0) is 18.8 Å². The van der Waals surface area contributed by atoms with Gasteiger partial charge in [0.05, 0.1) is 5.25 Å². The molecule has 0 spiro atoms. The maximum atomic E-state index is 11.9. The van der Waals surface area contributed by atoms with Crippen LogP contribution in [-0.4, -0.2) is 24.8 Å². The molecule has 12 heavy (non-hydrogen) atoms. The van der Waals surface area contributed by atoms with E-state index < -0.39 is 20.8 Å². The number of hydrogen-bond acceptors (Lipinski definition) is 2. The van der Waals surface area contributed by atoms with Crippen LogP contribution < -0.4 is 0 Å². The zero-order valence-electron chi connectivity index (χ0n) is 6.21. The summed E-state index contributed by atoms with van der Waals surface area (Å²) < 4.78 is 45.4. The van der Waals surface area contributed by atoms with E-state index in [1.165, 1.54) is 0 Å². The van der Waals surface area contributed by atoms with Crippen LogP contribution in [0, 0.1) is 5.92 Å². The molecule has 0 aliphatic heterocycles. The van der Waals surface area contributed by atoms with Gasteiger partial charge in [0.2, 0.25) is 9.84 Å². The Kier molecular flexibility index (Phi) is 3.09. The predicted molar refractivity (Wildman–Crippen MR) is 45.2 cm³/mol. The summed E-state index contributed by atoms with van der Waals surface area (Å²) in [6.45, 7) is 0. The molecule has 0 amide bonds. The molecule has 0 bridgehead atoms. The van der Waals surface area contributed by atoms with Crippen molar-refractivity contribution < 1.29 is 17.2 Å². The highest BCUT2D eigenvalue weighted by Crippen LogP contribution is 2.36. The van der Waals surface area contributed by atoms with E-state index in [1.807, 2.05) is 0 Å². The normalized spacial score (nSPS) is 30.3. The molecule has 0 aromatic carbocycles. The van der Waals surface area contributed by atoms with Crippen molar-refractivity contribution in [3.05, 3.63) is 0 Å². The lowest BCUT2D eigenvalue weighted by Crippen LogP contribution is -2.39. The minimum absolute atomic E-state index is 0.253. The first-order valence-electron chi connectivity index (χ1n) is 3.55. The lowest BCUT2D eigenvalue weighted by molar-refractivity contribution is 0.224. The van der Waals surface area contributed by atoms with Crippen LogP contribution in [0.2, 0.25) is 0 Å². The minimum Gasteiger partial charge on any atom is -0.223 e. The zero-order valence-corrected chi connectivity index (χ0v) is 8.61. The second-order valence-corrected chi connectivity index (χ2v) is 5.81. The van der Waals surface area contributed by atoms with Crippen molar-refractivity contribution in [3.63, 3.8) is 0 Å².